The zero-order valence-corrected chi connectivity index (χ0v) is 8.64. The van der Waals surface area contributed by atoms with Gasteiger partial charge >= 0.3 is 0 Å². The standard InChI is InChI=1S/C10H12N4O/c1-6-7(2)13-14(10(6)15)9-5-8(11)3-4-12-9/h3-6H,1-2H3,(H2,11,12). The molecule has 2 heterocycles. The van der Waals surface area contributed by atoms with Gasteiger partial charge in [-0.25, -0.2) is 4.98 Å². The number of hydrogen-bond acceptors (Lipinski definition) is 4. The number of nitrogens with two attached hydrogens (primary N) is 1. The average molecular weight is 204 g/mol. The van der Waals surface area contributed by atoms with E-state index in [0.717, 1.165) is 5.71 Å². The number of aromatic nitrogens is 1. The normalized spacial score (nSPS) is 20.7. The van der Waals surface area contributed by atoms with Crippen LogP contribution in [0.1, 0.15) is 13.8 Å². The predicted octanol–water partition coefficient (Wildman–Crippen LogP) is 1.02. The van der Waals surface area contributed by atoms with E-state index in [1.165, 1.54) is 5.01 Å². The van der Waals surface area contributed by atoms with Crippen LogP contribution >= 0.6 is 0 Å². The third-order valence-electron chi connectivity index (χ3n) is 2.45. The summed E-state index contributed by atoms with van der Waals surface area (Å²) in [5.41, 5.74) is 6.98. The highest BCUT2D eigenvalue weighted by atomic mass is 16.2. The van der Waals surface area contributed by atoms with Gasteiger partial charge < -0.3 is 5.73 Å². The lowest BCUT2D eigenvalue weighted by Gasteiger charge is -2.11. The third kappa shape index (κ3) is 1.56. The van der Waals surface area contributed by atoms with E-state index >= 15 is 0 Å². The van der Waals surface area contributed by atoms with Crippen LogP contribution in [0.5, 0.6) is 0 Å². The second kappa shape index (κ2) is 3.34. The Morgan fingerprint density at radius 3 is 2.80 bits per heavy atom. The van der Waals surface area contributed by atoms with Crippen molar-refractivity contribution in [1.29, 1.82) is 0 Å². The maximum atomic E-state index is 11.8. The van der Waals surface area contributed by atoms with Gasteiger partial charge in [-0.1, -0.05) is 0 Å². The summed E-state index contributed by atoms with van der Waals surface area (Å²) in [7, 11) is 0. The number of carbonyl (C=O) groups is 1. The molecule has 0 saturated carbocycles. The zero-order valence-electron chi connectivity index (χ0n) is 8.64. The van der Waals surface area contributed by atoms with E-state index in [4.69, 9.17) is 5.73 Å². The zero-order chi connectivity index (χ0) is 11.0. The lowest BCUT2D eigenvalue weighted by molar-refractivity contribution is -0.119. The van der Waals surface area contributed by atoms with E-state index in [0.29, 0.717) is 11.5 Å². The fourth-order valence-electron chi connectivity index (χ4n) is 1.37. The number of anilines is 2. The third-order valence-corrected chi connectivity index (χ3v) is 2.45. The SMILES string of the molecule is CC1=NN(c2cc(N)ccn2)C(=O)C1C. The van der Waals surface area contributed by atoms with Crippen molar-refractivity contribution in [1.82, 2.24) is 4.98 Å². The van der Waals surface area contributed by atoms with E-state index < -0.39 is 0 Å². The number of nitrogens with zero attached hydrogens (tertiary/aromatic N) is 3. The summed E-state index contributed by atoms with van der Waals surface area (Å²) >= 11 is 0. The molecule has 0 aliphatic carbocycles. The van der Waals surface area contributed by atoms with Gasteiger partial charge in [-0.05, 0) is 19.9 Å². The van der Waals surface area contributed by atoms with E-state index in [1.54, 1.807) is 18.3 Å². The first-order chi connectivity index (χ1) is 7.09. The molecule has 1 amide bonds. The Kier molecular flexibility index (Phi) is 2.15. The fraction of sp³-hybridized carbons (Fsp3) is 0.300. The molecule has 78 valence electrons. The first-order valence-corrected chi connectivity index (χ1v) is 4.70. The van der Waals surface area contributed by atoms with Crippen molar-refractivity contribution >= 4 is 23.1 Å². The lowest BCUT2D eigenvalue weighted by atomic mass is 10.1. The van der Waals surface area contributed by atoms with Gasteiger partial charge in [0, 0.05) is 23.7 Å². The van der Waals surface area contributed by atoms with Gasteiger partial charge in [0.05, 0.1) is 5.92 Å². The van der Waals surface area contributed by atoms with Crippen molar-refractivity contribution in [3.05, 3.63) is 18.3 Å². The summed E-state index contributed by atoms with van der Waals surface area (Å²) < 4.78 is 0. The molecule has 0 aromatic carbocycles. The minimum absolute atomic E-state index is 0.0643. The summed E-state index contributed by atoms with van der Waals surface area (Å²) in [4.78, 5) is 15.8. The maximum Gasteiger partial charge on any atom is 0.257 e. The highest BCUT2D eigenvalue weighted by Crippen LogP contribution is 2.22. The summed E-state index contributed by atoms with van der Waals surface area (Å²) in [6.07, 6.45) is 1.56. The van der Waals surface area contributed by atoms with E-state index in [-0.39, 0.29) is 11.8 Å². The van der Waals surface area contributed by atoms with E-state index in [1.807, 2.05) is 13.8 Å². The van der Waals surface area contributed by atoms with Gasteiger partial charge in [-0.3, -0.25) is 4.79 Å². The quantitative estimate of drug-likeness (QED) is 0.742. The van der Waals surface area contributed by atoms with Crippen LogP contribution in [0.4, 0.5) is 11.5 Å². The van der Waals surface area contributed by atoms with Crippen molar-refractivity contribution in [2.45, 2.75) is 13.8 Å². The number of pyridine rings is 1. The molecule has 5 nitrogen and oxygen atoms in total. The van der Waals surface area contributed by atoms with E-state index in [2.05, 4.69) is 10.1 Å². The van der Waals surface area contributed by atoms with Gasteiger partial charge in [0.25, 0.3) is 5.91 Å². The van der Waals surface area contributed by atoms with Gasteiger partial charge in [0.1, 0.15) is 0 Å². The van der Waals surface area contributed by atoms with E-state index in [9.17, 15) is 4.79 Å². The monoisotopic (exact) mass is 204 g/mol. The topological polar surface area (TPSA) is 71.6 Å². The largest absolute Gasteiger partial charge is 0.399 e. The molecule has 0 saturated heterocycles. The predicted molar refractivity (Wildman–Crippen MR) is 58.4 cm³/mol. The first-order valence-electron chi connectivity index (χ1n) is 4.70. The molecule has 1 atom stereocenters. The van der Waals surface area contributed by atoms with Crippen LogP contribution in [0.25, 0.3) is 0 Å². The Balaban J connectivity index is 2.37. The van der Waals surface area contributed by atoms with Crippen LogP contribution in [0, 0.1) is 5.92 Å². The first kappa shape index (κ1) is 9.64. The Morgan fingerprint density at radius 2 is 2.27 bits per heavy atom. The molecule has 5 heteroatoms. The van der Waals surface area contributed by atoms with Crippen LogP contribution in [-0.4, -0.2) is 16.6 Å². The van der Waals surface area contributed by atoms with Crippen LogP contribution in [-0.2, 0) is 4.79 Å². The van der Waals surface area contributed by atoms with Gasteiger partial charge in [-0.15, -0.1) is 0 Å². The fourth-order valence-corrected chi connectivity index (χ4v) is 1.37. The molecule has 1 unspecified atom stereocenters. The Hall–Kier alpha value is -1.91. The summed E-state index contributed by atoms with van der Waals surface area (Å²) in [6.45, 7) is 3.66. The minimum atomic E-state index is -0.173. The number of hydrazone groups is 1. The highest BCUT2D eigenvalue weighted by Gasteiger charge is 2.31. The second-order valence-electron chi connectivity index (χ2n) is 3.56. The molecule has 2 rings (SSSR count). The van der Waals surface area contributed by atoms with Crippen molar-refractivity contribution in [3.63, 3.8) is 0 Å². The molecule has 15 heavy (non-hydrogen) atoms. The molecule has 1 aliphatic heterocycles. The van der Waals surface area contributed by atoms with Crippen LogP contribution in [0.15, 0.2) is 23.4 Å². The van der Waals surface area contributed by atoms with Crippen molar-refractivity contribution in [2.24, 2.45) is 11.0 Å². The molecule has 0 fully saturated rings. The molecule has 1 aliphatic rings. The summed E-state index contributed by atoms with van der Waals surface area (Å²) in [5, 5.41) is 5.45. The number of carbonyl (C=O) groups excluding carboxylic acids is 1. The summed E-state index contributed by atoms with van der Waals surface area (Å²) in [6, 6.07) is 3.30. The Bertz CT molecular complexity index is 441. The molecule has 2 N–H and O–H groups in total. The molecule has 1 aromatic rings. The van der Waals surface area contributed by atoms with Crippen molar-refractivity contribution in [3.8, 4) is 0 Å². The summed E-state index contributed by atoms with van der Waals surface area (Å²) in [5.74, 6) is 0.238. The van der Waals surface area contributed by atoms with Crippen LogP contribution in [0.2, 0.25) is 0 Å². The van der Waals surface area contributed by atoms with Gasteiger partial charge in [0.15, 0.2) is 5.82 Å². The second-order valence-corrected chi connectivity index (χ2v) is 3.56. The molecule has 0 radical (unpaired) electrons. The van der Waals surface area contributed by atoms with Crippen molar-refractivity contribution < 1.29 is 4.79 Å². The Morgan fingerprint density at radius 1 is 1.53 bits per heavy atom. The molecule has 0 bridgehead atoms. The molecular formula is C10H12N4O. The lowest BCUT2D eigenvalue weighted by Crippen LogP contribution is -2.25. The smallest absolute Gasteiger partial charge is 0.257 e. The van der Waals surface area contributed by atoms with Gasteiger partial charge in [-0.2, -0.15) is 10.1 Å². The maximum absolute atomic E-state index is 11.8. The Labute approximate surface area is 87.6 Å². The van der Waals surface area contributed by atoms with Crippen LogP contribution < -0.4 is 10.7 Å². The molecule has 0 spiro atoms. The number of hydrogen-bond donors (Lipinski definition) is 1. The number of amides is 1. The number of rotatable bonds is 1. The van der Waals surface area contributed by atoms with Gasteiger partial charge in [0.2, 0.25) is 0 Å². The number of nitrogen functional groups attached to an aromatic ring is 1. The average Bonchev–Trinajstić information content (AvgIpc) is 2.46. The molecular weight excluding hydrogens is 192 g/mol. The molecule has 1 aromatic heterocycles. The highest BCUT2D eigenvalue weighted by molar-refractivity contribution is 6.14. The van der Waals surface area contributed by atoms with Crippen LogP contribution in [0.3, 0.4) is 0 Å². The minimum Gasteiger partial charge on any atom is -0.399 e. The van der Waals surface area contributed by atoms with Crippen molar-refractivity contribution in [2.75, 3.05) is 10.7 Å².